The highest BCUT2D eigenvalue weighted by Gasteiger charge is 2.07. The summed E-state index contributed by atoms with van der Waals surface area (Å²) in [5.74, 6) is 0.358. The predicted octanol–water partition coefficient (Wildman–Crippen LogP) is 2.88. The van der Waals surface area contributed by atoms with E-state index in [0.29, 0.717) is 17.3 Å². The largest absolute Gasteiger partial charge is 0.423 e. The van der Waals surface area contributed by atoms with Gasteiger partial charge in [0.25, 0.3) is 0 Å². The van der Waals surface area contributed by atoms with Crippen LogP contribution in [0.4, 0.5) is 5.95 Å². The summed E-state index contributed by atoms with van der Waals surface area (Å²) in [7, 11) is 0. The van der Waals surface area contributed by atoms with Crippen molar-refractivity contribution in [2.75, 3.05) is 5.73 Å². The molecule has 2 aromatic carbocycles. The maximum Gasteiger partial charge on any atom is 0.343 e. The second-order valence-corrected chi connectivity index (χ2v) is 5.16. The van der Waals surface area contributed by atoms with Crippen LogP contribution in [0.15, 0.2) is 65.9 Å². The molecule has 0 saturated carbocycles. The van der Waals surface area contributed by atoms with Crippen molar-refractivity contribution in [1.29, 1.82) is 0 Å². The van der Waals surface area contributed by atoms with Crippen molar-refractivity contribution in [3.63, 3.8) is 0 Å². The van der Waals surface area contributed by atoms with Crippen molar-refractivity contribution in [2.45, 2.75) is 6.92 Å². The molecule has 0 aliphatic heterocycles. The highest BCUT2D eigenvalue weighted by atomic mass is 16.5. The SMILES string of the molecule is Cc1cn(N=Cc2cccc(OC(=O)c3ccccc3)c2)c(N)n1. The van der Waals surface area contributed by atoms with E-state index in [2.05, 4.69) is 10.1 Å². The Morgan fingerprint density at radius 3 is 2.71 bits per heavy atom. The number of esters is 1. The fourth-order valence-corrected chi connectivity index (χ4v) is 2.12. The quantitative estimate of drug-likeness (QED) is 0.455. The first kappa shape index (κ1) is 15.5. The Bertz CT molecular complexity index is 885. The summed E-state index contributed by atoms with van der Waals surface area (Å²) in [5.41, 5.74) is 7.80. The molecular weight excluding hydrogens is 304 g/mol. The lowest BCUT2D eigenvalue weighted by Gasteiger charge is -2.05. The van der Waals surface area contributed by atoms with Crippen LogP contribution in [0.5, 0.6) is 5.75 Å². The monoisotopic (exact) mass is 320 g/mol. The molecule has 3 aromatic rings. The fraction of sp³-hybridized carbons (Fsp3) is 0.0556. The highest BCUT2D eigenvalue weighted by Crippen LogP contribution is 2.14. The van der Waals surface area contributed by atoms with Crippen LogP contribution in [0.2, 0.25) is 0 Å². The lowest BCUT2D eigenvalue weighted by Crippen LogP contribution is -2.08. The van der Waals surface area contributed by atoms with E-state index in [1.807, 2.05) is 19.1 Å². The summed E-state index contributed by atoms with van der Waals surface area (Å²) < 4.78 is 6.86. The Morgan fingerprint density at radius 1 is 1.21 bits per heavy atom. The smallest absolute Gasteiger partial charge is 0.343 e. The maximum atomic E-state index is 12.1. The van der Waals surface area contributed by atoms with Crippen molar-refractivity contribution >= 4 is 18.1 Å². The van der Waals surface area contributed by atoms with Crippen LogP contribution >= 0.6 is 0 Å². The molecule has 0 aliphatic rings. The number of nitrogens with two attached hydrogens (primary N) is 1. The molecule has 0 fully saturated rings. The molecule has 1 heterocycles. The predicted molar refractivity (Wildman–Crippen MR) is 92.2 cm³/mol. The van der Waals surface area contributed by atoms with Crippen molar-refractivity contribution in [2.24, 2.45) is 5.10 Å². The molecule has 6 heteroatoms. The van der Waals surface area contributed by atoms with Crippen LogP contribution in [0, 0.1) is 6.92 Å². The van der Waals surface area contributed by atoms with Gasteiger partial charge >= 0.3 is 5.97 Å². The molecule has 120 valence electrons. The standard InChI is InChI=1S/C18H16N4O2/c1-13-12-22(18(19)21-13)20-11-14-6-5-9-16(10-14)24-17(23)15-7-3-2-4-8-15/h2-12H,1H3,(H2,19,21). The zero-order valence-electron chi connectivity index (χ0n) is 13.1. The minimum Gasteiger partial charge on any atom is -0.423 e. The molecule has 24 heavy (non-hydrogen) atoms. The van der Waals surface area contributed by atoms with Crippen LogP contribution in [0.1, 0.15) is 21.6 Å². The molecule has 0 saturated heterocycles. The van der Waals surface area contributed by atoms with Gasteiger partial charge in [-0.05, 0) is 36.8 Å². The Kier molecular flexibility index (Phi) is 4.38. The molecule has 0 bridgehead atoms. The lowest BCUT2D eigenvalue weighted by molar-refractivity contribution is 0.0735. The first-order chi connectivity index (χ1) is 11.6. The van der Waals surface area contributed by atoms with Gasteiger partial charge in [-0.25, -0.2) is 14.5 Å². The van der Waals surface area contributed by atoms with E-state index >= 15 is 0 Å². The Balaban J connectivity index is 1.75. The molecule has 0 spiro atoms. The van der Waals surface area contributed by atoms with Gasteiger partial charge in [0.05, 0.1) is 23.7 Å². The van der Waals surface area contributed by atoms with E-state index in [4.69, 9.17) is 10.5 Å². The molecule has 0 aliphatic carbocycles. The van der Waals surface area contributed by atoms with Gasteiger partial charge in [0, 0.05) is 0 Å². The third-order valence-electron chi connectivity index (χ3n) is 3.24. The van der Waals surface area contributed by atoms with E-state index in [1.54, 1.807) is 54.9 Å². The average molecular weight is 320 g/mol. The zero-order valence-corrected chi connectivity index (χ0v) is 13.1. The molecule has 0 radical (unpaired) electrons. The van der Waals surface area contributed by atoms with Crippen LogP contribution in [0.3, 0.4) is 0 Å². The Hall–Kier alpha value is -3.41. The van der Waals surface area contributed by atoms with Crippen molar-refractivity contribution < 1.29 is 9.53 Å². The normalized spacial score (nSPS) is 10.9. The average Bonchev–Trinajstić information content (AvgIpc) is 2.91. The number of nitrogens with zero attached hydrogens (tertiary/aromatic N) is 3. The molecule has 0 atom stereocenters. The van der Waals surface area contributed by atoms with Crippen molar-refractivity contribution in [3.8, 4) is 5.75 Å². The summed E-state index contributed by atoms with van der Waals surface area (Å²) in [6.07, 6.45) is 3.35. The highest BCUT2D eigenvalue weighted by molar-refractivity contribution is 5.91. The van der Waals surface area contributed by atoms with Crippen molar-refractivity contribution in [1.82, 2.24) is 9.66 Å². The maximum absolute atomic E-state index is 12.1. The van der Waals surface area contributed by atoms with Gasteiger partial charge in [-0.3, -0.25) is 0 Å². The minimum absolute atomic E-state index is 0.315. The van der Waals surface area contributed by atoms with Crippen LogP contribution in [-0.2, 0) is 0 Å². The van der Waals surface area contributed by atoms with E-state index < -0.39 is 5.97 Å². The first-order valence-electron chi connectivity index (χ1n) is 7.35. The van der Waals surface area contributed by atoms with Gasteiger partial charge in [0.2, 0.25) is 5.95 Å². The number of imidazole rings is 1. The third-order valence-corrected chi connectivity index (χ3v) is 3.24. The molecule has 2 N–H and O–H groups in total. The number of aromatic nitrogens is 2. The number of carbonyl (C=O) groups excluding carboxylic acids is 1. The summed E-state index contributed by atoms with van der Waals surface area (Å²) in [4.78, 5) is 16.1. The number of nitrogen functional groups attached to an aromatic ring is 1. The molecule has 6 nitrogen and oxygen atoms in total. The van der Waals surface area contributed by atoms with E-state index in [-0.39, 0.29) is 0 Å². The number of ether oxygens (including phenoxy) is 1. The number of carbonyl (C=O) groups is 1. The van der Waals surface area contributed by atoms with Gasteiger partial charge in [-0.2, -0.15) is 5.10 Å². The summed E-state index contributed by atoms with van der Waals surface area (Å²) in [5, 5.41) is 4.24. The molecular formula is C18H16N4O2. The number of hydrogen-bond acceptors (Lipinski definition) is 5. The fourth-order valence-electron chi connectivity index (χ4n) is 2.12. The number of anilines is 1. The van der Waals surface area contributed by atoms with Gasteiger partial charge in [-0.1, -0.05) is 30.3 Å². The zero-order chi connectivity index (χ0) is 16.9. The van der Waals surface area contributed by atoms with Gasteiger partial charge < -0.3 is 10.5 Å². The Morgan fingerprint density at radius 2 is 2.00 bits per heavy atom. The minimum atomic E-state index is -0.404. The number of benzene rings is 2. The number of aryl methyl sites for hydroxylation is 1. The van der Waals surface area contributed by atoms with Gasteiger partial charge in [0.1, 0.15) is 5.75 Å². The van der Waals surface area contributed by atoms with Crippen LogP contribution in [0.25, 0.3) is 0 Å². The van der Waals surface area contributed by atoms with Gasteiger partial charge in [0.15, 0.2) is 0 Å². The summed E-state index contributed by atoms with van der Waals surface area (Å²) in [6.45, 7) is 1.84. The number of rotatable bonds is 4. The van der Waals surface area contributed by atoms with Crippen LogP contribution in [-0.4, -0.2) is 21.8 Å². The Labute approximate surface area is 139 Å². The van der Waals surface area contributed by atoms with E-state index in [9.17, 15) is 4.79 Å². The topological polar surface area (TPSA) is 82.5 Å². The first-order valence-corrected chi connectivity index (χ1v) is 7.35. The summed E-state index contributed by atoms with van der Waals surface area (Å²) >= 11 is 0. The molecule has 1 aromatic heterocycles. The second-order valence-electron chi connectivity index (χ2n) is 5.16. The molecule has 3 rings (SSSR count). The third kappa shape index (κ3) is 3.67. The second kappa shape index (κ2) is 6.78. The van der Waals surface area contributed by atoms with Gasteiger partial charge in [-0.15, -0.1) is 0 Å². The molecule has 0 unspecified atom stereocenters. The number of hydrogen-bond donors (Lipinski definition) is 1. The van der Waals surface area contributed by atoms with E-state index in [0.717, 1.165) is 11.3 Å². The molecule has 0 amide bonds. The van der Waals surface area contributed by atoms with E-state index in [1.165, 1.54) is 4.68 Å². The lowest BCUT2D eigenvalue weighted by atomic mass is 10.2. The van der Waals surface area contributed by atoms with Crippen LogP contribution < -0.4 is 10.5 Å². The van der Waals surface area contributed by atoms with Crippen molar-refractivity contribution in [3.05, 3.63) is 77.6 Å². The summed E-state index contributed by atoms with van der Waals surface area (Å²) in [6, 6.07) is 15.9.